The summed E-state index contributed by atoms with van der Waals surface area (Å²) in [5, 5.41) is 0. The lowest BCUT2D eigenvalue weighted by Crippen LogP contribution is -2.50. The van der Waals surface area contributed by atoms with Gasteiger partial charge in [0.2, 0.25) is 21.8 Å². The van der Waals surface area contributed by atoms with E-state index < -0.39 is 10.0 Å². The lowest BCUT2D eigenvalue weighted by Gasteiger charge is -2.34. The molecule has 0 radical (unpaired) electrons. The van der Waals surface area contributed by atoms with Gasteiger partial charge in [-0.2, -0.15) is 0 Å². The number of amides is 2. The molecule has 8 nitrogen and oxygen atoms in total. The predicted molar refractivity (Wildman–Crippen MR) is 91.6 cm³/mol. The molecular weight excluding hydrogens is 346 g/mol. The molecule has 0 spiro atoms. The van der Waals surface area contributed by atoms with E-state index in [0.29, 0.717) is 31.9 Å². The molecule has 138 valence electrons. The third-order valence-electron chi connectivity index (χ3n) is 4.08. The van der Waals surface area contributed by atoms with Crippen LogP contribution in [0.15, 0.2) is 29.2 Å². The summed E-state index contributed by atoms with van der Waals surface area (Å²) in [6.45, 7) is 3.51. The Morgan fingerprint density at radius 2 is 1.64 bits per heavy atom. The van der Waals surface area contributed by atoms with E-state index in [1.807, 2.05) is 0 Å². The Labute approximate surface area is 147 Å². The quantitative estimate of drug-likeness (QED) is 0.765. The fourth-order valence-electron chi connectivity index (χ4n) is 2.56. The molecule has 1 saturated heterocycles. The van der Waals surface area contributed by atoms with Gasteiger partial charge in [-0.25, -0.2) is 13.1 Å². The maximum Gasteiger partial charge on any atom is 0.240 e. The molecule has 0 unspecified atom stereocenters. The number of nitrogens with one attached hydrogen (secondary N) is 1. The average molecular weight is 369 g/mol. The van der Waals surface area contributed by atoms with Crippen LogP contribution >= 0.6 is 0 Å². The SMILES string of the molecule is COc1ccc(S(=O)(=O)NCCC(=O)N2CCN(C(C)=O)CC2)cc1. The molecule has 25 heavy (non-hydrogen) atoms. The van der Waals surface area contributed by atoms with Crippen molar-refractivity contribution in [3.63, 3.8) is 0 Å². The highest BCUT2D eigenvalue weighted by Gasteiger charge is 2.22. The van der Waals surface area contributed by atoms with Crippen LogP contribution in [-0.2, 0) is 19.6 Å². The summed E-state index contributed by atoms with van der Waals surface area (Å²) in [5.74, 6) is 0.443. The third-order valence-corrected chi connectivity index (χ3v) is 5.56. The first kappa shape index (κ1) is 19.2. The van der Waals surface area contributed by atoms with Gasteiger partial charge in [-0.15, -0.1) is 0 Å². The highest BCUT2D eigenvalue weighted by Crippen LogP contribution is 2.15. The lowest BCUT2D eigenvalue weighted by molar-refractivity contribution is -0.138. The maximum absolute atomic E-state index is 12.2. The number of methoxy groups -OCH3 is 1. The Kier molecular flexibility index (Phi) is 6.38. The van der Waals surface area contributed by atoms with Crippen molar-refractivity contribution in [3.8, 4) is 5.75 Å². The number of carbonyl (C=O) groups excluding carboxylic acids is 2. The van der Waals surface area contributed by atoms with Gasteiger partial charge in [-0.1, -0.05) is 0 Å². The second-order valence-corrected chi connectivity index (χ2v) is 7.48. The molecule has 0 aliphatic carbocycles. The fourth-order valence-corrected chi connectivity index (χ4v) is 3.59. The van der Waals surface area contributed by atoms with Gasteiger partial charge in [-0.05, 0) is 24.3 Å². The molecular formula is C16H23N3O5S. The summed E-state index contributed by atoms with van der Waals surface area (Å²) in [6.07, 6.45) is 0.0788. The van der Waals surface area contributed by atoms with Crippen LogP contribution in [0.25, 0.3) is 0 Å². The molecule has 1 fully saturated rings. The van der Waals surface area contributed by atoms with E-state index in [1.54, 1.807) is 21.9 Å². The summed E-state index contributed by atoms with van der Waals surface area (Å²) in [5.41, 5.74) is 0. The van der Waals surface area contributed by atoms with Crippen LogP contribution in [-0.4, -0.2) is 69.9 Å². The molecule has 9 heteroatoms. The summed E-state index contributed by atoms with van der Waals surface area (Å²) in [4.78, 5) is 26.9. The van der Waals surface area contributed by atoms with Gasteiger partial charge in [0.05, 0.1) is 12.0 Å². The molecule has 0 saturated carbocycles. The molecule has 1 aliphatic rings. The van der Waals surface area contributed by atoms with Gasteiger partial charge in [-0.3, -0.25) is 9.59 Å². The van der Waals surface area contributed by atoms with Crippen LogP contribution in [0.3, 0.4) is 0 Å². The number of nitrogens with zero attached hydrogens (tertiary/aromatic N) is 2. The van der Waals surface area contributed by atoms with E-state index >= 15 is 0 Å². The van der Waals surface area contributed by atoms with Gasteiger partial charge >= 0.3 is 0 Å². The third kappa shape index (κ3) is 5.17. The number of piperazine rings is 1. The number of hydrogen-bond acceptors (Lipinski definition) is 5. The van der Waals surface area contributed by atoms with E-state index in [-0.39, 0.29) is 29.7 Å². The summed E-state index contributed by atoms with van der Waals surface area (Å²) >= 11 is 0. The van der Waals surface area contributed by atoms with E-state index in [1.165, 1.54) is 26.2 Å². The molecule has 1 aromatic rings. The highest BCUT2D eigenvalue weighted by atomic mass is 32.2. The van der Waals surface area contributed by atoms with Crippen LogP contribution in [0.4, 0.5) is 0 Å². The Morgan fingerprint density at radius 1 is 1.08 bits per heavy atom. The van der Waals surface area contributed by atoms with Gasteiger partial charge in [0.25, 0.3) is 0 Å². The zero-order valence-corrected chi connectivity index (χ0v) is 15.2. The topological polar surface area (TPSA) is 96.0 Å². The molecule has 1 aromatic carbocycles. The normalized spacial score (nSPS) is 15.1. The number of sulfonamides is 1. The molecule has 1 N–H and O–H groups in total. The van der Waals surface area contributed by atoms with E-state index in [4.69, 9.17) is 4.74 Å². The Morgan fingerprint density at radius 3 is 2.16 bits per heavy atom. The predicted octanol–water partition coefficient (Wildman–Crippen LogP) is 0.0543. The van der Waals surface area contributed by atoms with Crippen molar-refractivity contribution in [2.24, 2.45) is 0 Å². The number of benzene rings is 1. The second kappa shape index (κ2) is 8.30. The van der Waals surface area contributed by atoms with Crippen LogP contribution in [0, 0.1) is 0 Å². The summed E-state index contributed by atoms with van der Waals surface area (Å²) in [6, 6.07) is 6.02. The first-order valence-corrected chi connectivity index (χ1v) is 9.49. The second-order valence-electron chi connectivity index (χ2n) is 5.71. The maximum atomic E-state index is 12.2. The number of rotatable bonds is 6. The van der Waals surface area contributed by atoms with Crippen molar-refractivity contribution in [2.45, 2.75) is 18.2 Å². The Bertz CT molecular complexity index is 710. The number of ether oxygens (including phenoxy) is 1. The molecule has 1 heterocycles. The zero-order chi connectivity index (χ0) is 18.4. The van der Waals surface area contributed by atoms with Crippen LogP contribution < -0.4 is 9.46 Å². The molecule has 2 amide bonds. The van der Waals surface area contributed by atoms with Crippen molar-refractivity contribution >= 4 is 21.8 Å². The zero-order valence-electron chi connectivity index (χ0n) is 14.4. The van der Waals surface area contributed by atoms with Gasteiger partial charge in [0.15, 0.2) is 0 Å². The first-order chi connectivity index (χ1) is 11.8. The average Bonchev–Trinajstić information content (AvgIpc) is 2.61. The fraction of sp³-hybridized carbons (Fsp3) is 0.500. The van der Waals surface area contributed by atoms with Crippen molar-refractivity contribution in [2.75, 3.05) is 39.8 Å². The smallest absolute Gasteiger partial charge is 0.240 e. The van der Waals surface area contributed by atoms with Gasteiger partial charge in [0.1, 0.15) is 5.75 Å². The van der Waals surface area contributed by atoms with E-state index in [2.05, 4.69) is 4.72 Å². The largest absolute Gasteiger partial charge is 0.497 e. The van der Waals surface area contributed by atoms with Crippen molar-refractivity contribution in [3.05, 3.63) is 24.3 Å². The van der Waals surface area contributed by atoms with E-state index in [0.717, 1.165) is 0 Å². The number of carbonyl (C=O) groups is 2. The standard InChI is InChI=1S/C16H23N3O5S/c1-13(20)18-9-11-19(12-10-18)16(21)7-8-17-25(22,23)15-5-3-14(24-2)4-6-15/h3-6,17H,7-12H2,1-2H3. The van der Waals surface area contributed by atoms with Gasteiger partial charge in [0, 0.05) is 46.1 Å². The van der Waals surface area contributed by atoms with Crippen LogP contribution in [0.2, 0.25) is 0 Å². The van der Waals surface area contributed by atoms with Gasteiger partial charge < -0.3 is 14.5 Å². The monoisotopic (exact) mass is 369 g/mol. The molecule has 0 bridgehead atoms. The summed E-state index contributed by atoms with van der Waals surface area (Å²) in [7, 11) is -2.16. The Balaban J connectivity index is 1.81. The lowest BCUT2D eigenvalue weighted by atomic mass is 10.3. The first-order valence-electron chi connectivity index (χ1n) is 8.00. The van der Waals surface area contributed by atoms with Crippen molar-refractivity contribution < 1.29 is 22.7 Å². The molecule has 2 rings (SSSR count). The molecule has 0 aromatic heterocycles. The molecule has 0 atom stereocenters. The minimum absolute atomic E-state index is 0.000601. The van der Waals surface area contributed by atoms with Crippen LogP contribution in [0.1, 0.15) is 13.3 Å². The number of hydrogen-bond donors (Lipinski definition) is 1. The molecule has 1 aliphatic heterocycles. The van der Waals surface area contributed by atoms with E-state index in [9.17, 15) is 18.0 Å². The summed E-state index contributed by atoms with van der Waals surface area (Å²) < 4.78 is 31.8. The highest BCUT2D eigenvalue weighted by molar-refractivity contribution is 7.89. The minimum atomic E-state index is -3.66. The minimum Gasteiger partial charge on any atom is -0.497 e. The van der Waals surface area contributed by atoms with Crippen LogP contribution in [0.5, 0.6) is 5.75 Å². The van der Waals surface area contributed by atoms with Crippen molar-refractivity contribution in [1.29, 1.82) is 0 Å². The van der Waals surface area contributed by atoms with Crippen molar-refractivity contribution in [1.82, 2.24) is 14.5 Å². The Hall–Kier alpha value is -2.13.